The lowest BCUT2D eigenvalue weighted by Gasteiger charge is -2.17. The first-order chi connectivity index (χ1) is 13.5. The standard InChI is InChI=1S/C21H22N2O4S/c1-3-27-21(26)17-9-4-5-10-18(17)22-20(25)14-11-19(24)23(13-14)15-7-6-8-16(12-15)28-2/h4-10,12,14H,3,11,13H2,1-2H3,(H,22,25)/t14-/m0/s1. The van der Waals surface area contributed by atoms with E-state index in [1.54, 1.807) is 47.9 Å². The number of nitrogens with zero attached hydrogens (tertiary/aromatic N) is 1. The number of hydrogen-bond acceptors (Lipinski definition) is 5. The van der Waals surface area contributed by atoms with Crippen LogP contribution in [0, 0.1) is 5.92 Å². The number of thioether (sulfide) groups is 1. The van der Waals surface area contributed by atoms with Gasteiger partial charge in [0.05, 0.1) is 23.8 Å². The second-order valence-electron chi connectivity index (χ2n) is 6.36. The van der Waals surface area contributed by atoms with Gasteiger partial charge in [-0.2, -0.15) is 0 Å². The SMILES string of the molecule is CCOC(=O)c1ccccc1NC(=O)[C@H]1CC(=O)N(c2cccc(SC)c2)C1. The van der Waals surface area contributed by atoms with E-state index in [1.165, 1.54) is 0 Å². The molecular formula is C21H22N2O4S. The molecule has 1 N–H and O–H groups in total. The Kier molecular flexibility index (Phi) is 6.36. The van der Waals surface area contributed by atoms with Crippen LogP contribution in [0.3, 0.4) is 0 Å². The summed E-state index contributed by atoms with van der Waals surface area (Å²) in [7, 11) is 0. The number of para-hydroxylation sites is 1. The molecule has 2 amide bonds. The van der Waals surface area contributed by atoms with E-state index in [2.05, 4.69) is 5.32 Å². The van der Waals surface area contributed by atoms with E-state index in [-0.39, 0.29) is 24.8 Å². The van der Waals surface area contributed by atoms with Crippen LogP contribution in [0.1, 0.15) is 23.7 Å². The summed E-state index contributed by atoms with van der Waals surface area (Å²) >= 11 is 1.60. The highest BCUT2D eigenvalue weighted by molar-refractivity contribution is 7.98. The van der Waals surface area contributed by atoms with E-state index in [0.717, 1.165) is 10.6 Å². The van der Waals surface area contributed by atoms with Gasteiger partial charge in [-0.05, 0) is 43.5 Å². The Balaban J connectivity index is 1.73. The van der Waals surface area contributed by atoms with Crippen LogP contribution >= 0.6 is 11.8 Å². The Morgan fingerprint density at radius 2 is 2.00 bits per heavy atom. The molecule has 0 unspecified atom stereocenters. The second-order valence-corrected chi connectivity index (χ2v) is 7.24. The van der Waals surface area contributed by atoms with Crippen molar-refractivity contribution in [3.63, 3.8) is 0 Å². The molecule has 1 atom stereocenters. The zero-order valence-electron chi connectivity index (χ0n) is 15.8. The van der Waals surface area contributed by atoms with Crippen LogP contribution in [0.15, 0.2) is 53.4 Å². The maximum absolute atomic E-state index is 12.7. The molecule has 0 aliphatic carbocycles. The second kappa shape index (κ2) is 8.93. The highest BCUT2D eigenvalue weighted by Crippen LogP contribution is 2.29. The maximum atomic E-state index is 12.7. The molecule has 0 bridgehead atoms. The number of carbonyl (C=O) groups excluding carboxylic acids is 3. The number of carbonyl (C=O) groups is 3. The normalized spacial score (nSPS) is 16.1. The number of nitrogens with one attached hydrogen (secondary N) is 1. The monoisotopic (exact) mass is 398 g/mol. The van der Waals surface area contributed by atoms with E-state index in [0.29, 0.717) is 17.8 Å². The summed E-state index contributed by atoms with van der Waals surface area (Å²) in [5.74, 6) is -1.34. The van der Waals surface area contributed by atoms with Crippen molar-refractivity contribution in [3.8, 4) is 0 Å². The number of anilines is 2. The van der Waals surface area contributed by atoms with Crippen LogP contribution < -0.4 is 10.2 Å². The Morgan fingerprint density at radius 1 is 1.21 bits per heavy atom. The quantitative estimate of drug-likeness (QED) is 0.595. The smallest absolute Gasteiger partial charge is 0.340 e. The average Bonchev–Trinajstić information content (AvgIpc) is 3.10. The molecule has 2 aromatic carbocycles. The maximum Gasteiger partial charge on any atom is 0.340 e. The van der Waals surface area contributed by atoms with Crippen molar-refractivity contribution in [1.82, 2.24) is 0 Å². The van der Waals surface area contributed by atoms with Gasteiger partial charge in [0.25, 0.3) is 0 Å². The number of amides is 2. The zero-order valence-corrected chi connectivity index (χ0v) is 16.6. The summed E-state index contributed by atoms with van der Waals surface area (Å²) < 4.78 is 5.03. The van der Waals surface area contributed by atoms with Gasteiger partial charge in [-0.1, -0.05) is 18.2 Å². The number of rotatable bonds is 6. The lowest BCUT2D eigenvalue weighted by atomic mass is 10.1. The first-order valence-corrected chi connectivity index (χ1v) is 10.3. The lowest BCUT2D eigenvalue weighted by molar-refractivity contribution is -0.122. The number of esters is 1. The third-order valence-corrected chi connectivity index (χ3v) is 5.27. The molecule has 28 heavy (non-hydrogen) atoms. The van der Waals surface area contributed by atoms with Crippen molar-refractivity contribution in [3.05, 3.63) is 54.1 Å². The van der Waals surface area contributed by atoms with E-state index < -0.39 is 11.9 Å². The van der Waals surface area contributed by atoms with Crippen LogP contribution in [0.2, 0.25) is 0 Å². The Bertz CT molecular complexity index is 899. The van der Waals surface area contributed by atoms with Crippen molar-refractivity contribution in [2.24, 2.45) is 5.92 Å². The van der Waals surface area contributed by atoms with Gasteiger partial charge in [-0.15, -0.1) is 11.8 Å². The van der Waals surface area contributed by atoms with Crippen LogP contribution in [0.4, 0.5) is 11.4 Å². The van der Waals surface area contributed by atoms with Gasteiger partial charge in [0.2, 0.25) is 11.8 Å². The van der Waals surface area contributed by atoms with Crippen molar-refractivity contribution >= 4 is 40.9 Å². The fourth-order valence-corrected chi connectivity index (χ4v) is 3.58. The molecule has 1 aliphatic heterocycles. The molecule has 6 nitrogen and oxygen atoms in total. The molecule has 146 valence electrons. The van der Waals surface area contributed by atoms with Crippen molar-refractivity contribution in [2.75, 3.05) is 29.6 Å². The van der Waals surface area contributed by atoms with Crippen LogP contribution in [-0.2, 0) is 14.3 Å². The number of ether oxygens (including phenoxy) is 1. The summed E-state index contributed by atoms with van der Waals surface area (Å²) in [5.41, 5.74) is 1.48. The summed E-state index contributed by atoms with van der Waals surface area (Å²) in [5, 5.41) is 2.78. The largest absolute Gasteiger partial charge is 0.462 e. The first-order valence-electron chi connectivity index (χ1n) is 9.05. The highest BCUT2D eigenvalue weighted by atomic mass is 32.2. The minimum atomic E-state index is -0.489. The van der Waals surface area contributed by atoms with Crippen LogP contribution in [-0.4, -0.2) is 37.2 Å². The summed E-state index contributed by atoms with van der Waals surface area (Å²) in [6.07, 6.45) is 2.11. The molecule has 1 aliphatic rings. The minimum absolute atomic E-state index is 0.0860. The fraction of sp³-hybridized carbons (Fsp3) is 0.286. The summed E-state index contributed by atoms with van der Waals surface area (Å²) in [6, 6.07) is 14.4. The van der Waals surface area contributed by atoms with Gasteiger partial charge in [0, 0.05) is 23.5 Å². The molecule has 0 aromatic heterocycles. The summed E-state index contributed by atoms with van der Waals surface area (Å²) in [6.45, 7) is 2.29. The van der Waals surface area contributed by atoms with Gasteiger partial charge in [0.1, 0.15) is 0 Å². The van der Waals surface area contributed by atoms with Gasteiger partial charge in [-0.25, -0.2) is 4.79 Å². The third-order valence-electron chi connectivity index (χ3n) is 4.54. The van der Waals surface area contributed by atoms with Gasteiger partial charge >= 0.3 is 5.97 Å². The van der Waals surface area contributed by atoms with Crippen molar-refractivity contribution < 1.29 is 19.1 Å². The molecule has 1 fully saturated rings. The molecular weight excluding hydrogens is 376 g/mol. The number of benzene rings is 2. The third kappa shape index (κ3) is 4.36. The fourth-order valence-electron chi connectivity index (χ4n) is 3.12. The molecule has 0 spiro atoms. The van der Waals surface area contributed by atoms with Crippen LogP contribution in [0.25, 0.3) is 0 Å². The van der Waals surface area contributed by atoms with Gasteiger partial charge in [-0.3, -0.25) is 9.59 Å². The highest BCUT2D eigenvalue weighted by Gasteiger charge is 2.35. The van der Waals surface area contributed by atoms with E-state index >= 15 is 0 Å². The predicted octanol–water partition coefficient (Wildman–Crippen LogP) is 3.58. The van der Waals surface area contributed by atoms with Crippen molar-refractivity contribution in [1.29, 1.82) is 0 Å². The molecule has 2 aromatic rings. The lowest BCUT2D eigenvalue weighted by Crippen LogP contribution is -2.28. The molecule has 7 heteroatoms. The Labute approximate surface area is 168 Å². The zero-order chi connectivity index (χ0) is 20.1. The predicted molar refractivity (Wildman–Crippen MR) is 110 cm³/mol. The minimum Gasteiger partial charge on any atom is -0.462 e. The molecule has 1 heterocycles. The Hall–Kier alpha value is -2.80. The summed E-state index contributed by atoms with van der Waals surface area (Å²) in [4.78, 5) is 40.0. The van der Waals surface area contributed by atoms with E-state index in [1.807, 2.05) is 30.5 Å². The van der Waals surface area contributed by atoms with E-state index in [4.69, 9.17) is 4.74 Å². The van der Waals surface area contributed by atoms with Gasteiger partial charge < -0.3 is 15.0 Å². The molecule has 0 radical (unpaired) electrons. The molecule has 0 saturated carbocycles. The Morgan fingerprint density at radius 3 is 2.75 bits per heavy atom. The van der Waals surface area contributed by atoms with Crippen molar-refractivity contribution in [2.45, 2.75) is 18.2 Å². The van der Waals surface area contributed by atoms with Gasteiger partial charge in [0.15, 0.2) is 0 Å². The molecule has 3 rings (SSSR count). The first kappa shape index (κ1) is 19.9. The average molecular weight is 398 g/mol. The molecule has 1 saturated heterocycles. The number of hydrogen-bond donors (Lipinski definition) is 1. The topological polar surface area (TPSA) is 75.7 Å². The van der Waals surface area contributed by atoms with Crippen LogP contribution in [0.5, 0.6) is 0 Å². The van der Waals surface area contributed by atoms with E-state index in [9.17, 15) is 14.4 Å².